The molecule has 4 aliphatic rings. The van der Waals surface area contributed by atoms with Crippen LogP contribution in [0, 0.1) is 34.5 Å². The van der Waals surface area contributed by atoms with Gasteiger partial charge in [0.2, 0.25) is 0 Å². The zero-order valence-corrected chi connectivity index (χ0v) is 18.7. The number of fused-ring (bicyclic) bond motifs is 5. The van der Waals surface area contributed by atoms with Crippen LogP contribution in [0.25, 0.3) is 5.57 Å². The lowest BCUT2D eigenvalue weighted by Crippen LogP contribution is -2.52. The van der Waals surface area contributed by atoms with Crippen LogP contribution < -0.4 is 0 Å². The zero-order valence-electron chi connectivity index (χ0n) is 18.7. The molecule has 3 heteroatoms. The SMILES string of the molecule is CCC1=C(c2cnc[nH]2)[C@@]2(C)CC[C@H]3[C@@H]([C@@H](CC)C=C4C[C@@H](O)CC[C@@]43C)[C@@H]2C1. The van der Waals surface area contributed by atoms with Crippen molar-refractivity contribution in [3.63, 3.8) is 0 Å². The summed E-state index contributed by atoms with van der Waals surface area (Å²) in [5, 5.41) is 10.4. The Balaban J connectivity index is 1.58. The number of aliphatic hydroxyl groups excluding tert-OH is 1. The van der Waals surface area contributed by atoms with Crippen LogP contribution in [0.5, 0.6) is 0 Å². The molecule has 1 heterocycles. The Bertz CT molecular complexity index is 837. The quantitative estimate of drug-likeness (QED) is 0.605. The van der Waals surface area contributed by atoms with Crippen molar-refractivity contribution in [1.82, 2.24) is 9.97 Å². The normalized spacial score (nSPS) is 44.2. The molecule has 0 spiro atoms. The molecule has 2 fully saturated rings. The van der Waals surface area contributed by atoms with E-state index in [9.17, 15) is 5.11 Å². The Hall–Kier alpha value is -1.35. The fourth-order valence-corrected chi connectivity index (χ4v) is 8.19. The molecule has 0 radical (unpaired) electrons. The molecule has 0 bridgehead atoms. The van der Waals surface area contributed by atoms with Gasteiger partial charge in [0.1, 0.15) is 0 Å². The van der Waals surface area contributed by atoms with Gasteiger partial charge in [-0.15, -0.1) is 0 Å². The predicted octanol–water partition coefficient (Wildman–Crippen LogP) is 6.14. The van der Waals surface area contributed by atoms with Gasteiger partial charge in [-0.05, 0) is 91.4 Å². The molecule has 0 unspecified atom stereocenters. The van der Waals surface area contributed by atoms with Crippen LogP contribution in [0.1, 0.15) is 84.8 Å². The maximum Gasteiger partial charge on any atom is 0.0924 e. The predicted molar refractivity (Wildman–Crippen MR) is 118 cm³/mol. The number of imidazole rings is 1. The standard InChI is InChI=1S/C26H38N2O/c1-5-16-11-18-13-19(29)7-9-25(18,3)20-8-10-26(4)21(23(16)20)12-17(6-2)24(26)22-14-27-15-28-22/h11,14-16,19-21,23,29H,5-10,12-13H2,1-4H3,(H,27,28)/t16-,19-,20-,21-,23+,25-,26-/m0/s1. The maximum absolute atomic E-state index is 10.4. The molecule has 2 N–H and O–H groups in total. The second kappa shape index (κ2) is 6.83. The molecule has 5 rings (SSSR count). The van der Waals surface area contributed by atoms with E-state index in [0.29, 0.717) is 11.3 Å². The molecule has 0 aliphatic heterocycles. The number of rotatable bonds is 3. The molecule has 1 aromatic heterocycles. The molecular weight excluding hydrogens is 356 g/mol. The monoisotopic (exact) mass is 394 g/mol. The molecule has 3 nitrogen and oxygen atoms in total. The lowest BCUT2D eigenvalue weighted by Gasteiger charge is -2.59. The lowest BCUT2D eigenvalue weighted by molar-refractivity contribution is -0.0468. The summed E-state index contributed by atoms with van der Waals surface area (Å²) in [5.74, 6) is 2.94. The van der Waals surface area contributed by atoms with Gasteiger partial charge in [0.25, 0.3) is 0 Å². The second-order valence-electron chi connectivity index (χ2n) is 10.8. The first kappa shape index (κ1) is 19.6. The van der Waals surface area contributed by atoms with Crippen LogP contribution in [0.15, 0.2) is 29.7 Å². The molecular formula is C26H38N2O. The minimum atomic E-state index is -0.121. The number of allylic oxidation sites excluding steroid dienone is 3. The minimum absolute atomic E-state index is 0.121. The summed E-state index contributed by atoms with van der Waals surface area (Å²) in [7, 11) is 0. The number of aromatic nitrogens is 2. The Morgan fingerprint density at radius 3 is 2.59 bits per heavy atom. The third kappa shape index (κ3) is 2.69. The number of H-pyrrole nitrogens is 1. The van der Waals surface area contributed by atoms with Gasteiger partial charge in [0.15, 0.2) is 0 Å². The van der Waals surface area contributed by atoms with E-state index in [1.807, 2.05) is 12.5 Å². The van der Waals surface area contributed by atoms with Crippen LogP contribution >= 0.6 is 0 Å². The van der Waals surface area contributed by atoms with Gasteiger partial charge in [0, 0.05) is 0 Å². The zero-order chi connectivity index (χ0) is 20.4. The van der Waals surface area contributed by atoms with Gasteiger partial charge in [-0.2, -0.15) is 0 Å². The summed E-state index contributed by atoms with van der Waals surface area (Å²) in [4.78, 5) is 7.81. The van der Waals surface area contributed by atoms with Crippen LogP contribution in [-0.4, -0.2) is 21.2 Å². The molecule has 1 aromatic rings. The fraction of sp³-hybridized carbons (Fsp3) is 0.731. The Kier molecular flexibility index (Phi) is 4.62. The molecule has 7 atom stereocenters. The van der Waals surface area contributed by atoms with Crippen LogP contribution in [0.4, 0.5) is 0 Å². The first-order chi connectivity index (χ1) is 13.9. The van der Waals surface area contributed by atoms with Crippen molar-refractivity contribution in [2.24, 2.45) is 34.5 Å². The summed E-state index contributed by atoms with van der Waals surface area (Å²) in [6.45, 7) is 9.82. The molecule has 4 aliphatic carbocycles. The van der Waals surface area contributed by atoms with Crippen LogP contribution in [0.3, 0.4) is 0 Å². The molecule has 2 saturated carbocycles. The average Bonchev–Trinajstić information content (AvgIpc) is 3.32. The third-order valence-corrected chi connectivity index (χ3v) is 9.69. The number of hydrogen-bond acceptors (Lipinski definition) is 2. The van der Waals surface area contributed by atoms with Crippen molar-refractivity contribution in [3.05, 3.63) is 35.4 Å². The van der Waals surface area contributed by atoms with Gasteiger partial charge in [0.05, 0.1) is 24.3 Å². The third-order valence-electron chi connectivity index (χ3n) is 9.69. The van der Waals surface area contributed by atoms with Crippen molar-refractivity contribution in [2.45, 2.75) is 85.2 Å². The highest BCUT2D eigenvalue weighted by atomic mass is 16.3. The summed E-state index contributed by atoms with van der Waals surface area (Å²) in [6.07, 6.45) is 15.7. The van der Waals surface area contributed by atoms with Crippen molar-refractivity contribution >= 4 is 5.57 Å². The highest BCUT2D eigenvalue weighted by Gasteiger charge is 2.59. The summed E-state index contributed by atoms with van der Waals surface area (Å²) in [6, 6.07) is 0. The Morgan fingerprint density at radius 2 is 1.90 bits per heavy atom. The van der Waals surface area contributed by atoms with Crippen molar-refractivity contribution in [3.8, 4) is 0 Å². The highest BCUT2D eigenvalue weighted by molar-refractivity contribution is 5.73. The summed E-state index contributed by atoms with van der Waals surface area (Å²) in [5.41, 5.74) is 6.68. The molecule has 0 aromatic carbocycles. The number of nitrogens with one attached hydrogen (secondary N) is 1. The maximum atomic E-state index is 10.4. The molecule has 0 saturated heterocycles. The van der Waals surface area contributed by atoms with Crippen LogP contribution in [-0.2, 0) is 0 Å². The number of hydrogen-bond donors (Lipinski definition) is 2. The van der Waals surface area contributed by atoms with Gasteiger partial charge in [-0.1, -0.05) is 44.9 Å². The van der Waals surface area contributed by atoms with Crippen LogP contribution in [0.2, 0.25) is 0 Å². The molecule has 0 amide bonds. The van der Waals surface area contributed by atoms with E-state index in [0.717, 1.165) is 37.0 Å². The Morgan fingerprint density at radius 1 is 1.10 bits per heavy atom. The van der Waals surface area contributed by atoms with E-state index < -0.39 is 0 Å². The Labute approximate surface area is 176 Å². The second-order valence-corrected chi connectivity index (χ2v) is 10.8. The largest absolute Gasteiger partial charge is 0.393 e. The molecule has 158 valence electrons. The van der Waals surface area contributed by atoms with Gasteiger partial charge in [-0.3, -0.25) is 0 Å². The fourth-order valence-electron chi connectivity index (χ4n) is 8.19. The lowest BCUT2D eigenvalue weighted by atomic mass is 9.45. The van der Waals surface area contributed by atoms with Crippen molar-refractivity contribution in [2.75, 3.05) is 0 Å². The van der Waals surface area contributed by atoms with Gasteiger partial charge >= 0.3 is 0 Å². The molecule has 29 heavy (non-hydrogen) atoms. The van der Waals surface area contributed by atoms with E-state index in [-0.39, 0.29) is 11.5 Å². The first-order valence-electron chi connectivity index (χ1n) is 12.0. The van der Waals surface area contributed by atoms with Crippen molar-refractivity contribution in [1.29, 1.82) is 0 Å². The minimum Gasteiger partial charge on any atom is -0.393 e. The van der Waals surface area contributed by atoms with E-state index in [1.54, 1.807) is 16.7 Å². The van der Waals surface area contributed by atoms with E-state index in [1.165, 1.54) is 37.8 Å². The highest BCUT2D eigenvalue weighted by Crippen LogP contribution is 2.68. The average molecular weight is 395 g/mol. The van der Waals surface area contributed by atoms with Crippen molar-refractivity contribution < 1.29 is 5.11 Å². The smallest absolute Gasteiger partial charge is 0.0924 e. The van der Waals surface area contributed by atoms with E-state index >= 15 is 0 Å². The van der Waals surface area contributed by atoms with E-state index in [4.69, 9.17) is 0 Å². The van der Waals surface area contributed by atoms with E-state index in [2.05, 4.69) is 43.7 Å². The van der Waals surface area contributed by atoms with Gasteiger partial charge < -0.3 is 10.1 Å². The number of nitrogens with zero attached hydrogens (tertiary/aromatic N) is 1. The topological polar surface area (TPSA) is 48.9 Å². The number of aliphatic hydroxyl groups is 1. The summed E-state index contributed by atoms with van der Waals surface area (Å²) >= 11 is 0. The number of aromatic amines is 1. The summed E-state index contributed by atoms with van der Waals surface area (Å²) < 4.78 is 0. The first-order valence-corrected chi connectivity index (χ1v) is 12.0. The van der Waals surface area contributed by atoms with Gasteiger partial charge in [-0.25, -0.2) is 4.98 Å².